The summed E-state index contributed by atoms with van der Waals surface area (Å²) in [5.41, 5.74) is 0. The zero-order valence-electron chi connectivity index (χ0n) is 3.58. The van der Waals surface area contributed by atoms with Crippen molar-refractivity contribution in [2.45, 2.75) is 19.3 Å². The maximum atomic E-state index is 3.40. The van der Waals surface area contributed by atoms with Gasteiger partial charge < -0.3 is 0 Å². The van der Waals surface area contributed by atoms with Crippen LogP contribution >= 0.6 is 15.9 Å². The van der Waals surface area contributed by atoms with Gasteiger partial charge in [-0.2, -0.15) is 0 Å². The average molecular weight is 147 g/mol. The molecule has 0 N–H and O–H groups in total. The first-order chi connectivity index (χ1) is 2.89. The number of rotatable bonds is 0. The van der Waals surface area contributed by atoms with Crippen LogP contribution in [0.4, 0.5) is 0 Å². The molecule has 0 spiro atoms. The minimum atomic E-state index is 1.26. The lowest BCUT2D eigenvalue weighted by atomic mass is 10.4. The second kappa shape index (κ2) is 1.78. The Morgan fingerprint density at radius 2 is 2.50 bits per heavy atom. The van der Waals surface area contributed by atoms with Crippen LogP contribution in [0.1, 0.15) is 19.3 Å². The fourth-order valence-corrected chi connectivity index (χ4v) is 1.14. The second-order valence-electron chi connectivity index (χ2n) is 1.54. The molecule has 1 aliphatic rings. The molecule has 6 heavy (non-hydrogen) atoms. The predicted octanol–water partition coefficient (Wildman–Crippen LogP) is 2.45. The first-order valence-electron chi connectivity index (χ1n) is 2.24. The third-order valence-electron chi connectivity index (χ3n) is 0.986. The van der Waals surface area contributed by atoms with Crippen molar-refractivity contribution >= 4 is 15.9 Å². The quantitative estimate of drug-likeness (QED) is 0.493. The van der Waals surface area contributed by atoms with Crippen molar-refractivity contribution in [1.29, 1.82) is 0 Å². The predicted molar refractivity (Wildman–Crippen MR) is 30.9 cm³/mol. The van der Waals surface area contributed by atoms with Gasteiger partial charge >= 0.3 is 0 Å². The highest BCUT2D eigenvalue weighted by Gasteiger charge is 1.96. The van der Waals surface area contributed by atoms with Gasteiger partial charge in [0.25, 0.3) is 0 Å². The van der Waals surface area contributed by atoms with Gasteiger partial charge in [-0.05, 0) is 23.7 Å². The summed E-state index contributed by atoms with van der Waals surface area (Å²) in [5, 5.41) is 0. The highest BCUT2D eigenvalue weighted by molar-refractivity contribution is 9.11. The number of hydrogen-bond acceptors (Lipinski definition) is 0. The van der Waals surface area contributed by atoms with Gasteiger partial charge in [0.2, 0.25) is 0 Å². The zero-order chi connectivity index (χ0) is 4.41. The van der Waals surface area contributed by atoms with Gasteiger partial charge in [0.15, 0.2) is 0 Å². The van der Waals surface area contributed by atoms with Gasteiger partial charge in [0.1, 0.15) is 0 Å². The summed E-state index contributed by atoms with van der Waals surface area (Å²) in [6.45, 7) is 0. The van der Waals surface area contributed by atoms with Crippen LogP contribution in [0, 0.1) is 0 Å². The van der Waals surface area contributed by atoms with Crippen LogP contribution in [0.25, 0.3) is 0 Å². The van der Waals surface area contributed by atoms with Crippen LogP contribution in [0.5, 0.6) is 0 Å². The number of halogens is 1. The van der Waals surface area contributed by atoms with Crippen molar-refractivity contribution in [2.75, 3.05) is 0 Å². The molecule has 0 aromatic heterocycles. The largest absolute Gasteiger partial charge is 0.0744 e. The molecule has 0 amide bonds. The average Bonchev–Trinajstić information content (AvgIpc) is 1.86. The molecule has 1 rings (SSSR count). The number of allylic oxidation sites excluding steroid dienone is 2. The molecule has 0 saturated carbocycles. The summed E-state index contributed by atoms with van der Waals surface area (Å²) >= 11 is 3.40. The lowest BCUT2D eigenvalue weighted by Crippen LogP contribution is -1.55. The van der Waals surface area contributed by atoms with Crippen LogP contribution < -0.4 is 0 Å². The lowest BCUT2D eigenvalue weighted by Gasteiger charge is -1.77. The first kappa shape index (κ1) is 4.38. The van der Waals surface area contributed by atoms with E-state index in [9.17, 15) is 0 Å². The Labute approximate surface area is 46.4 Å². The molecule has 0 bridgehead atoms. The topological polar surface area (TPSA) is 0 Å². The van der Waals surface area contributed by atoms with E-state index in [1.165, 1.54) is 23.7 Å². The Morgan fingerprint density at radius 1 is 1.67 bits per heavy atom. The Kier molecular flexibility index (Phi) is 1.30. The molecule has 0 unspecified atom stereocenters. The van der Waals surface area contributed by atoms with Crippen molar-refractivity contribution in [3.63, 3.8) is 0 Å². The molecular formula is C5H7Br. The molecule has 1 aliphatic carbocycles. The normalized spacial score (nSPS) is 21.2. The molecule has 0 radical (unpaired) electrons. The third kappa shape index (κ3) is 0.839. The van der Waals surface area contributed by atoms with Crippen LogP contribution in [0.2, 0.25) is 0 Å². The summed E-state index contributed by atoms with van der Waals surface area (Å²) in [6.07, 6.45) is 6.13. The minimum Gasteiger partial charge on any atom is -0.0744 e. The van der Waals surface area contributed by atoms with Crippen LogP contribution in [-0.2, 0) is 0 Å². The third-order valence-corrected chi connectivity index (χ3v) is 1.71. The van der Waals surface area contributed by atoms with Gasteiger partial charge in [-0.25, -0.2) is 0 Å². The van der Waals surface area contributed by atoms with Crippen LogP contribution in [0.15, 0.2) is 10.6 Å². The molecule has 0 aromatic rings. The summed E-state index contributed by atoms with van der Waals surface area (Å²) in [5.74, 6) is 0. The second-order valence-corrected chi connectivity index (χ2v) is 2.56. The van der Waals surface area contributed by atoms with E-state index in [0.717, 1.165) is 0 Å². The van der Waals surface area contributed by atoms with Gasteiger partial charge in [0.05, 0.1) is 0 Å². The van der Waals surface area contributed by atoms with Crippen molar-refractivity contribution in [3.8, 4) is 0 Å². The van der Waals surface area contributed by atoms with E-state index >= 15 is 0 Å². The fourth-order valence-electron chi connectivity index (χ4n) is 0.632. The van der Waals surface area contributed by atoms with E-state index in [1.807, 2.05) is 0 Å². The van der Waals surface area contributed by atoms with Gasteiger partial charge in [-0.1, -0.05) is 22.0 Å². The van der Waals surface area contributed by atoms with E-state index in [-0.39, 0.29) is 0 Å². The first-order valence-corrected chi connectivity index (χ1v) is 3.03. The van der Waals surface area contributed by atoms with Crippen LogP contribution in [-0.4, -0.2) is 0 Å². The smallest absolute Gasteiger partial charge is 0.00891 e. The molecular weight excluding hydrogens is 140 g/mol. The highest BCUT2D eigenvalue weighted by atomic mass is 79.9. The summed E-state index contributed by atoms with van der Waals surface area (Å²) < 4.78 is 1.39. The van der Waals surface area contributed by atoms with Crippen molar-refractivity contribution in [3.05, 3.63) is 10.6 Å². The fraction of sp³-hybridized carbons (Fsp3) is 0.600. The molecule has 0 aliphatic heterocycles. The van der Waals surface area contributed by atoms with E-state index < -0.39 is 0 Å². The Bertz CT molecular complexity index is 74.0. The monoisotopic (exact) mass is 146 g/mol. The van der Waals surface area contributed by atoms with Crippen molar-refractivity contribution < 1.29 is 0 Å². The Hall–Kier alpha value is 0.220. The zero-order valence-corrected chi connectivity index (χ0v) is 5.16. The van der Waals surface area contributed by atoms with E-state index in [1.54, 1.807) is 0 Å². The number of hydrogen-bond donors (Lipinski definition) is 0. The molecule has 0 atom stereocenters. The maximum Gasteiger partial charge on any atom is -0.00891 e. The molecule has 0 heterocycles. The van der Waals surface area contributed by atoms with Gasteiger partial charge in [-0.3, -0.25) is 0 Å². The molecule has 0 saturated heterocycles. The molecule has 0 fully saturated rings. The minimum absolute atomic E-state index is 1.26. The summed E-state index contributed by atoms with van der Waals surface area (Å²) in [4.78, 5) is 0. The SMILES string of the molecule is BrC1=CCCC1. The van der Waals surface area contributed by atoms with Gasteiger partial charge in [-0.15, -0.1) is 0 Å². The Morgan fingerprint density at radius 3 is 2.67 bits per heavy atom. The Balaban J connectivity index is 2.45. The molecule has 1 heteroatoms. The van der Waals surface area contributed by atoms with E-state index in [0.29, 0.717) is 0 Å². The van der Waals surface area contributed by atoms with Crippen molar-refractivity contribution in [2.24, 2.45) is 0 Å². The maximum absolute atomic E-state index is 3.40. The molecule has 34 valence electrons. The van der Waals surface area contributed by atoms with Crippen molar-refractivity contribution in [1.82, 2.24) is 0 Å². The summed E-state index contributed by atoms with van der Waals surface area (Å²) in [7, 11) is 0. The molecule has 0 aromatic carbocycles. The highest BCUT2D eigenvalue weighted by Crippen LogP contribution is 2.21. The lowest BCUT2D eigenvalue weighted by molar-refractivity contribution is 0.926. The van der Waals surface area contributed by atoms with Gasteiger partial charge in [0, 0.05) is 0 Å². The van der Waals surface area contributed by atoms with E-state index in [4.69, 9.17) is 0 Å². The molecule has 0 nitrogen and oxygen atoms in total. The summed E-state index contributed by atoms with van der Waals surface area (Å²) in [6, 6.07) is 0. The van der Waals surface area contributed by atoms with Crippen LogP contribution in [0.3, 0.4) is 0 Å². The standard InChI is InChI=1S/C5H7Br/c6-5-3-1-2-4-5/h3H,1-2,4H2. The van der Waals surface area contributed by atoms with E-state index in [2.05, 4.69) is 22.0 Å².